The number of hydrogen-bond donors (Lipinski definition) is 1. The summed E-state index contributed by atoms with van der Waals surface area (Å²) in [5, 5.41) is 10.6. The molecule has 1 saturated heterocycles. The standard InChI is InChI=1S/C28H32F2N2O3S/c1-35-22-8-9-25-23(17-22)20(10-12-31-25)5-2-4-19-11-13-32(18-21(19)16-27(33)34)14-15-36-26-7-3-6-24(29)28(26)30/h3,6-10,12,17,19,21H,2,4-5,11,13-16,18H2,1H3,(H,33,34)/t19-,21+/m1/s1. The molecular weight excluding hydrogens is 482 g/mol. The molecular formula is C28H32F2N2O3S. The average molecular weight is 515 g/mol. The van der Waals surface area contributed by atoms with Gasteiger partial charge in [-0.15, -0.1) is 11.8 Å². The first-order valence-electron chi connectivity index (χ1n) is 12.4. The quantitative estimate of drug-likeness (QED) is 0.314. The maximum absolute atomic E-state index is 13.9. The van der Waals surface area contributed by atoms with Crippen LogP contribution in [0, 0.1) is 23.5 Å². The van der Waals surface area contributed by atoms with Crippen LogP contribution in [0.4, 0.5) is 8.78 Å². The van der Waals surface area contributed by atoms with Gasteiger partial charge in [0.2, 0.25) is 0 Å². The van der Waals surface area contributed by atoms with Crippen LogP contribution < -0.4 is 4.74 Å². The minimum absolute atomic E-state index is 0.0847. The lowest BCUT2D eigenvalue weighted by Gasteiger charge is -2.38. The number of fused-ring (bicyclic) bond motifs is 1. The summed E-state index contributed by atoms with van der Waals surface area (Å²) in [4.78, 5) is 18.6. The van der Waals surface area contributed by atoms with Gasteiger partial charge in [-0.2, -0.15) is 0 Å². The highest BCUT2D eigenvalue weighted by Crippen LogP contribution is 2.32. The molecule has 2 atom stereocenters. The number of nitrogens with zero attached hydrogens (tertiary/aromatic N) is 2. The topological polar surface area (TPSA) is 62.7 Å². The number of thioether (sulfide) groups is 1. The monoisotopic (exact) mass is 514 g/mol. The summed E-state index contributed by atoms with van der Waals surface area (Å²) in [6, 6.07) is 12.2. The molecule has 1 N–H and O–H groups in total. The molecule has 2 aromatic carbocycles. The van der Waals surface area contributed by atoms with E-state index in [9.17, 15) is 18.7 Å². The molecule has 1 fully saturated rings. The number of benzene rings is 2. The van der Waals surface area contributed by atoms with Crippen LogP contribution >= 0.6 is 11.8 Å². The fourth-order valence-corrected chi connectivity index (χ4v) is 6.13. The molecule has 1 aromatic heterocycles. The second-order valence-corrected chi connectivity index (χ2v) is 10.5. The molecule has 0 saturated carbocycles. The lowest BCUT2D eigenvalue weighted by Crippen LogP contribution is -2.42. The number of aliphatic carboxylic acids is 1. The van der Waals surface area contributed by atoms with Crippen LogP contribution in [0.25, 0.3) is 10.9 Å². The van der Waals surface area contributed by atoms with Crippen molar-refractivity contribution in [2.24, 2.45) is 11.8 Å². The van der Waals surface area contributed by atoms with Gasteiger partial charge < -0.3 is 14.7 Å². The lowest BCUT2D eigenvalue weighted by molar-refractivity contribution is -0.139. The molecule has 0 aliphatic carbocycles. The van der Waals surface area contributed by atoms with Gasteiger partial charge in [-0.3, -0.25) is 9.78 Å². The number of aromatic nitrogens is 1. The number of carboxylic acid groups (broad SMARTS) is 1. The number of carboxylic acids is 1. The van der Waals surface area contributed by atoms with E-state index in [0.29, 0.717) is 23.1 Å². The van der Waals surface area contributed by atoms with Gasteiger partial charge in [0, 0.05) is 41.7 Å². The third-order valence-corrected chi connectivity index (χ3v) is 8.07. The molecule has 0 bridgehead atoms. The summed E-state index contributed by atoms with van der Waals surface area (Å²) in [5.41, 5.74) is 2.18. The molecule has 1 aliphatic rings. The van der Waals surface area contributed by atoms with Crippen LogP contribution in [0.15, 0.2) is 53.6 Å². The van der Waals surface area contributed by atoms with Gasteiger partial charge in [0.1, 0.15) is 5.75 Å². The van der Waals surface area contributed by atoms with Crippen LogP contribution in [0.2, 0.25) is 0 Å². The van der Waals surface area contributed by atoms with E-state index in [1.807, 2.05) is 24.4 Å². The van der Waals surface area contributed by atoms with Crippen molar-refractivity contribution in [2.45, 2.75) is 37.0 Å². The summed E-state index contributed by atoms with van der Waals surface area (Å²) in [6.07, 6.45) is 5.80. The highest BCUT2D eigenvalue weighted by atomic mass is 32.2. The number of halogens is 2. The maximum atomic E-state index is 13.9. The predicted octanol–water partition coefficient (Wildman–Crippen LogP) is 6.05. The van der Waals surface area contributed by atoms with E-state index in [2.05, 4.69) is 16.0 Å². The first kappa shape index (κ1) is 26.4. The summed E-state index contributed by atoms with van der Waals surface area (Å²) >= 11 is 1.30. The summed E-state index contributed by atoms with van der Waals surface area (Å²) in [6.45, 7) is 2.33. The molecule has 1 aliphatic heterocycles. The minimum atomic E-state index is -0.832. The number of aryl methyl sites for hydroxylation is 1. The molecule has 2 heterocycles. The normalized spacial score (nSPS) is 18.4. The van der Waals surface area contributed by atoms with Crippen molar-refractivity contribution in [1.29, 1.82) is 0 Å². The van der Waals surface area contributed by atoms with E-state index in [4.69, 9.17) is 4.74 Å². The molecule has 3 aromatic rings. The number of likely N-dealkylation sites (tertiary alicyclic amines) is 1. The van der Waals surface area contributed by atoms with Crippen LogP contribution in [0.5, 0.6) is 5.75 Å². The Balaban J connectivity index is 1.31. The van der Waals surface area contributed by atoms with Crippen LogP contribution in [-0.2, 0) is 11.2 Å². The third-order valence-electron chi connectivity index (χ3n) is 7.05. The van der Waals surface area contributed by atoms with Crippen molar-refractivity contribution in [3.05, 3.63) is 65.9 Å². The molecule has 0 radical (unpaired) electrons. The number of pyridine rings is 1. The fraction of sp³-hybridized carbons (Fsp3) is 0.429. The molecule has 4 rings (SSSR count). The Kier molecular flexibility index (Phi) is 9.15. The van der Waals surface area contributed by atoms with Gasteiger partial charge in [-0.25, -0.2) is 8.78 Å². The molecule has 0 amide bonds. The Morgan fingerprint density at radius 2 is 2.08 bits per heavy atom. The van der Waals surface area contributed by atoms with E-state index in [1.54, 1.807) is 13.2 Å². The molecule has 36 heavy (non-hydrogen) atoms. The SMILES string of the molecule is COc1ccc2nccc(CCC[C@@H]3CCN(CCSc4cccc(F)c4F)C[C@@H]3CC(=O)O)c2c1. The summed E-state index contributed by atoms with van der Waals surface area (Å²) in [7, 11) is 1.66. The fourth-order valence-electron chi connectivity index (χ4n) is 5.16. The average Bonchev–Trinajstić information content (AvgIpc) is 2.87. The third kappa shape index (κ3) is 6.73. The van der Waals surface area contributed by atoms with E-state index in [-0.39, 0.29) is 12.3 Å². The Labute approximate surface area is 214 Å². The van der Waals surface area contributed by atoms with Gasteiger partial charge in [0.15, 0.2) is 11.6 Å². The predicted molar refractivity (Wildman–Crippen MR) is 139 cm³/mol. The largest absolute Gasteiger partial charge is 0.497 e. The maximum Gasteiger partial charge on any atom is 0.303 e. The minimum Gasteiger partial charge on any atom is -0.497 e. The number of hydrogen-bond acceptors (Lipinski definition) is 5. The molecule has 192 valence electrons. The molecule has 8 heteroatoms. The van der Waals surface area contributed by atoms with Crippen molar-refractivity contribution >= 4 is 28.6 Å². The number of rotatable bonds is 11. The number of ether oxygens (including phenoxy) is 1. The molecule has 0 spiro atoms. The van der Waals surface area contributed by atoms with Crippen molar-refractivity contribution in [2.75, 3.05) is 32.5 Å². The molecule has 0 unspecified atom stereocenters. The van der Waals surface area contributed by atoms with Crippen molar-refractivity contribution < 1.29 is 23.4 Å². The van der Waals surface area contributed by atoms with E-state index in [0.717, 1.165) is 61.5 Å². The Morgan fingerprint density at radius 3 is 2.89 bits per heavy atom. The Bertz CT molecular complexity index is 1190. The second kappa shape index (κ2) is 12.5. The lowest BCUT2D eigenvalue weighted by atomic mass is 9.80. The van der Waals surface area contributed by atoms with Crippen molar-refractivity contribution in [1.82, 2.24) is 9.88 Å². The Hall–Kier alpha value is -2.71. The number of carbonyl (C=O) groups is 1. The van der Waals surface area contributed by atoms with Crippen molar-refractivity contribution in [3.8, 4) is 5.75 Å². The first-order valence-corrected chi connectivity index (χ1v) is 13.4. The van der Waals surface area contributed by atoms with Crippen LogP contribution in [0.1, 0.15) is 31.2 Å². The summed E-state index contributed by atoms with van der Waals surface area (Å²) in [5.74, 6) is -0.524. The smallest absolute Gasteiger partial charge is 0.303 e. The second-order valence-electron chi connectivity index (χ2n) is 9.35. The van der Waals surface area contributed by atoms with Crippen LogP contribution in [-0.4, -0.2) is 53.5 Å². The van der Waals surface area contributed by atoms with Crippen LogP contribution in [0.3, 0.4) is 0 Å². The van der Waals surface area contributed by atoms with Gasteiger partial charge in [0.05, 0.1) is 12.6 Å². The Morgan fingerprint density at radius 1 is 1.22 bits per heavy atom. The van der Waals surface area contributed by atoms with E-state index in [1.165, 1.54) is 23.4 Å². The van der Waals surface area contributed by atoms with Gasteiger partial charge in [-0.1, -0.05) is 6.07 Å². The van der Waals surface area contributed by atoms with E-state index < -0.39 is 17.6 Å². The van der Waals surface area contributed by atoms with Gasteiger partial charge in [0.25, 0.3) is 0 Å². The zero-order valence-corrected chi connectivity index (χ0v) is 21.3. The highest BCUT2D eigenvalue weighted by molar-refractivity contribution is 7.99. The highest BCUT2D eigenvalue weighted by Gasteiger charge is 2.30. The van der Waals surface area contributed by atoms with Crippen molar-refractivity contribution in [3.63, 3.8) is 0 Å². The van der Waals surface area contributed by atoms with Gasteiger partial charge >= 0.3 is 5.97 Å². The number of methoxy groups -OCH3 is 1. The number of piperidine rings is 1. The zero-order valence-electron chi connectivity index (χ0n) is 20.5. The zero-order chi connectivity index (χ0) is 25.5. The van der Waals surface area contributed by atoms with E-state index >= 15 is 0 Å². The van der Waals surface area contributed by atoms with Gasteiger partial charge in [-0.05, 0) is 86.0 Å². The summed E-state index contributed by atoms with van der Waals surface area (Å²) < 4.78 is 32.7. The first-order chi connectivity index (χ1) is 17.4. The molecule has 5 nitrogen and oxygen atoms in total.